The zero-order valence-electron chi connectivity index (χ0n) is 12.6. The van der Waals surface area contributed by atoms with E-state index >= 15 is 0 Å². The minimum absolute atomic E-state index is 0.142. The summed E-state index contributed by atoms with van der Waals surface area (Å²) in [4.78, 5) is 4.37. The predicted molar refractivity (Wildman–Crippen MR) is 74.8 cm³/mol. The number of unbranched alkanes of at least 4 members (excludes halogenated alkanes) is 3. The van der Waals surface area contributed by atoms with Crippen LogP contribution in [0.5, 0.6) is 0 Å². The van der Waals surface area contributed by atoms with E-state index in [-0.39, 0.29) is 6.10 Å². The maximum absolute atomic E-state index is 6.17. The summed E-state index contributed by atoms with van der Waals surface area (Å²) in [5, 5.41) is 3.97. The van der Waals surface area contributed by atoms with Crippen molar-refractivity contribution < 1.29 is 9.26 Å². The van der Waals surface area contributed by atoms with Gasteiger partial charge in [-0.2, -0.15) is 4.98 Å². The zero-order valence-corrected chi connectivity index (χ0v) is 12.6. The fraction of sp³-hybridized carbons (Fsp3) is 0.857. The van der Waals surface area contributed by atoms with Gasteiger partial charge in [0.05, 0.1) is 12.7 Å². The number of aromatic nitrogens is 2. The summed E-state index contributed by atoms with van der Waals surface area (Å²) in [7, 11) is 0. The van der Waals surface area contributed by atoms with Crippen molar-refractivity contribution in [3.05, 3.63) is 11.7 Å². The monoisotopic (exact) mass is 269 g/mol. The van der Waals surface area contributed by atoms with E-state index in [2.05, 4.69) is 17.1 Å². The van der Waals surface area contributed by atoms with E-state index in [1.807, 2.05) is 20.8 Å². The molecule has 0 spiro atoms. The topological polar surface area (TPSA) is 74.2 Å². The summed E-state index contributed by atoms with van der Waals surface area (Å²) >= 11 is 0. The van der Waals surface area contributed by atoms with E-state index in [9.17, 15) is 0 Å². The number of hydrogen-bond acceptors (Lipinski definition) is 5. The van der Waals surface area contributed by atoms with Crippen molar-refractivity contribution in [3.63, 3.8) is 0 Å². The number of nitrogens with zero attached hydrogens (tertiary/aromatic N) is 2. The molecule has 0 fully saturated rings. The first-order valence-corrected chi connectivity index (χ1v) is 7.19. The van der Waals surface area contributed by atoms with Gasteiger partial charge in [-0.05, 0) is 27.2 Å². The number of rotatable bonds is 9. The summed E-state index contributed by atoms with van der Waals surface area (Å²) in [6.45, 7) is 8.40. The third kappa shape index (κ3) is 5.70. The molecule has 2 N–H and O–H groups in total. The van der Waals surface area contributed by atoms with Crippen LogP contribution in [0, 0.1) is 0 Å². The van der Waals surface area contributed by atoms with Crippen molar-refractivity contribution >= 4 is 0 Å². The van der Waals surface area contributed by atoms with Gasteiger partial charge in [0.2, 0.25) is 5.89 Å². The highest BCUT2D eigenvalue weighted by molar-refractivity contribution is 5.01. The average Bonchev–Trinajstić information content (AvgIpc) is 2.82. The molecule has 0 saturated heterocycles. The number of hydrogen-bond donors (Lipinski definition) is 1. The molecule has 19 heavy (non-hydrogen) atoms. The Bertz CT molecular complexity index is 361. The van der Waals surface area contributed by atoms with Crippen LogP contribution in [0.15, 0.2) is 4.52 Å². The lowest BCUT2D eigenvalue weighted by atomic mass is 10.1. The average molecular weight is 269 g/mol. The van der Waals surface area contributed by atoms with E-state index in [0.29, 0.717) is 18.3 Å². The van der Waals surface area contributed by atoms with Crippen LogP contribution >= 0.6 is 0 Å². The third-order valence-corrected chi connectivity index (χ3v) is 2.94. The Morgan fingerprint density at radius 3 is 2.68 bits per heavy atom. The van der Waals surface area contributed by atoms with Crippen LogP contribution < -0.4 is 5.73 Å². The van der Waals surface area contributed by atoms with Crippen LogP contribution in [0.1, 0.15) is 65.1 Å². The molecule has 0 aromatic carbocycles. The summed E-state index contributed by atoms with van der Waals surface area (Å²) in [6, 6.07) is 0. The Balaban J connectivity index is 2.48. The molecule has 1 aromatic heterocycles. The fourth-order valence-corrected chi connectivity index (χ4v) is 1.70. The lowest BCUT2D eigenvalue weighted by Gasteiger charge is -2.21. The van der Waals surface area contributed by atoms with Crippen LogP contribution in [-0.4, -0.2) is 22.9 Å². The van der Waals surface area contributed by atoms with Crippen LogP contribution in [-0.2, 0) is 16.7 Å². The Kier molecular flexibility index (Phi) is 6.45. The summed E-state index contributed by atoms with van der Waals surface area (Å²) in [5.41, 5.74) is 5.47. The van der Waals surface area contributed by atoms with Crippen molar-refractivity contribution in [2.24, 2.45) is 5.73 Å². The molecule has 0 bridgehead atoms. The quantitative estimate of drug-likeness (QED) is 0.698. The third-order valence-electron chi connectivity index (χ3n) is 2.94. The normalized spacial score (nSPS) is 14.8. The van der Waals surface area contributed by atoms with Gasteiger partial charge in [-0.3, -0.25) is 0 Å². The lowest BCUT2D eigenvalue weighted by molar-refractivity contribution is 0.0410. The summed E-state index contributed by atoms with van der Waals surface area (Å²) in [5.74, 6) is 1.20. The Morgan fingerprint density at radius 1 is 1.32 bits per heavy atom. The largest absolute Gasteiger partial charge is 0.376 e. The molecule has 1 atom stereocenters. The first kappa shape index (κ1) is 16.1. The molecular weight excluding hydrogens is 242 g/mol. The van der Waals surface area contributed by atoms with Crippen LogP contribution in [0.2, 0.25) is 0 Å². The first-order valence-electron chi connectivity index (χ1n) is 7.19. The number of nitrogens with two attached hydrogens (primary N) is 1. The van der Waals surface area contributed by atoms with E-state index in [4.69, 9.17) is 15.0 Å². The van der Waals surface area contributed by atoms with Gasteiger partial charge < -0.3 is 15.0 Å². The Hall–Kier alpha value is -0.940. The van der Waals surface area contributed by atoms with Crippen molar-refractivity contribution in [3.8, 4) is 0 Å². The predicted octanol–water partition coefficient (Wildman–Crippen LogP) is 2.79. The van der Waals surface area contributed by atoms with Crippen LogP contribution in [0.4, 0.5) is 0 Å². The summed E-state index contributed by atoms with van der Waals surface area (Å²) in [6.07, 6.45) is 5.72. The molecule has 0 aliphatic carbocycles. The zero-order chi connectivity index (χ0) is 14.3. The Morgan fingerprint density at radius 2 is 2.05 bits per heavy atom. The summed E-state index contributed by atoms with van der Waals surface area (Å²) < 4.78 is 10.8. The molecule has 1 heterocycles. The number of ether oxygens (including phenoxy) is 1. The van der Waals surface area contributed by atoms with E-state index in [0.717, 1.165) is 12.8 Å². The smallest absolute Gasteiger partial charge is 0.226 e. The first-order chi connectivity index (χ1) is 8.95. The van der Waals surface area contributed by atoms with E-state index in [1.54, 1.807) is 0 Å². The van der Waals surface area contributed by atoms with Crippen molar-refractivity contribution in [2.75, 3.05) is 6.61 Å². The van der Waals surface area contributed by atoms with Gasteiger partial charge in [-0.1, -0.05) is 31.3 Å². The van der Waals surface area contributed by atoms with Gasteiger partial charge in [-0.15, -0.1) is 0 Å². The lowest BCUT2D eigenvalue weighted by Crippen LogP contribution is -2.40. The second kappa shape index (κ2) is 7.60. The highest BCUT2D eigenvalue weighted by atomic mass is 16.5. The Labute approximate surface area is 115 Å². The van der Waals surface area contributed by atoms with Crippen LogP contribution in [0.3, 0.4) is 0 Å². The highest BCUT2D eigenvalue weighted by Crippen LogP contribution is 2.16. The van der Waals surface area contributed by atoms with Crippen LogP contribution in [0.25, 0.3) is 0 Å². The highest BCUT2D eigenvalue weighted by Gasteiger charge is 2.28. The van der Waals surface area contributed by atoms with Gasteiger partial charge in [0, 0.05) is 6.42 Å². The minimum Gasteiger partial charge on any atom is -0.376 e. The molecule has 0 aliphatic rings. The van der Waals surface area contributed by atoms with Gasteiger partial charge in [-0.25, -0.2) is 0 Å². The minimum atomic E-state index is -0.699. The molecule has 1 rings (SSSR count). The molecule has 5 nitrogen and oxygen atoms in total. The molecule has 110 valence electrons. The molecule has 1 aromatic rings. The maximum atomic E-state index is 6.17. The molecule has 0 saturated carbocycles. The molecule has 1 unspecified atom stereocenters. The SMILES string of the molecule is CCCCCCc1nc(C(C)(N)COC(C)C)no1. The van der Waals surface area contributed by atoms with Gasteiger partial charge in [0.25, 0.3) is 0 Å². The molecule has 5 heteroatoms. The van der Waals surface area contributed by atoms with E-state index in [1.165, 1.54) is 19.3 Å². The fourth-order valence-electron chi connectivity index (χ4n) is 1.70. The second-order valence-electron chi connectivity index (χ2n) is 5.60. The molecule has 0 amide bonds. The van der Waals surface area contributed by atoms with Gasteiger partial charge in [0.1, 0.15) is 5.54 Å². The van der Waals surface area contributed by atoms with Crippen molar-refractivity contribution in [2.45, 2.75) is 71.4 Å². The van der Waals surface area contributed by atoms with Gasteiger partial charge >= 0.3 is 0 Å². The molecule has 0 aliphatic heterocycles. The standard InChI is InChI=1S/C14H27N3O2/c1-5-6-7-8-9-12-16-13(17-19-12)14(4,15)10-18-11(2)3/h11H,5-10,15H2,1-4H3. The van der Waals surface area contributed by atoms with Gasteiger partial charge in [0.15, 0.2) is 5.82 Å². The second-order valence-corrected chi connectivity index (χ2v) is 5.60. The number of aryl methyl sites for hydroxylation is 1. The van der Waals surface area contributed by atoms with Crippen molar-refractivity contribution in [1.29, 1.82) is 0 Å². The molecule has 0 radical (unpaired) electrons. The maximum Gasteiger partial charge on any atom is 0.226 e. The van der Waals surface area contributed by atoms with E-state index < -0.39 is 5.54 Å². The van der Waals surface area contributed by atoms with Crippen molar-refractivity contribution in [1.82, 2.24) is 10.1 Å². The molecular formula is C14H27N3O2.